The third kappa shape index (κ3) is 5.14. The van der Waals surface area contributed by atoms with Gasteiger partial charge in [-0.1, -0.05) is 18.2 Å². The molecule has 0 aliphatic rings. The molecule has 0 aromatic heterocycles. The smallest absolute Gasteiger partial charge is 0.454 e. The average molecular weight is 354 g/mol. The molecule has 130 valence electrons. The molecule has 4 nitrogen and oxygen atoms in total. The van der Waals surface area contributed by atoms with Crippen molar-refractivity contribution in [1.29, 1.82) is 0 Å². The minimum atomic E-state index is -5.22. The number of aliphatic hydroxyl groups excluding tert-OH is 2. The molecule has 10 heteroatoms. The highest BCUT2D eigenvalue weighted by Gasteiger charge is 2.37. The molecule has 24 heavy (non-hydrogen) atoms. The number of rotatable bonds is 4. The maximum absolute atomic E-state index is 12.1. The molecule has 1 aromatic carbocycles. The van der Waals surface area contributed by atoms with E-state index in [1.54, 1.807) is 0 Å². The Kier molecular flexibility index (Phi) is 5.43. The Bertz CT molecular complexity index is 655. The van der Waals surface area contributed by atoms with Crippen LogP contribution in [0.25, 0.3) is 11.5 Å². The van der Waals surface area contributed by atoms with Crippen LogP contribution in [0, 0.1) is 0 Å². The van der Waals surface area contributed by atoms with Crippen LogP contribution < -0.4 is 0 Å². The molecule has 1 aromatic rings. The summed E-state index contributed by atoms with van der Waals surface area (Å²) in [6, 6.07) is 3.95. The summed E-state index contributed by atoms with van der Waals surface area (Å²) >= 11 is 0. The monoisotopic (exact) mass is 354 g/mol. The van der Waals surface area contributed by atoms with Gasteiger partial charge in [0.1, 0.15) is 11.5 Å². The maximum atomic E-state index is 12.1. The van der Waals surface area contributed by atoms with Crippen molar-refractivity contribution < 1.29 is 46.1 Å². The Hall–Kier alpha value is -2.78. The van der Waals surface area contributed by atoms with Gasteiger partial charge in [-0.15, -0.1) is 0 Å². The van der Waals surface area contributed by atoms with E-state index in [0.717, 1.165) is 24.3 Å². The van der Waals surface area contributed by atoms with Gasteiger partial charge in [-0.25, -0.2) is 0 Å². The fourth-order valence-electron chi connectivity index (χ4n) is 1.42. The van der Waals surface area contributed by atoms with Gasteiger partial charge in [0.25, 0.3) is 11.6 Å². The third-order valence-electron chi connectivity index (χ3n) is 2.55. The van der Waals surface area contributed by atoms with E-state index in [-0.39, 0.29) is 23.3 Å². The lowest BCUT2D eigenvalue weighted by molar-refractivity contribution is -0.165. The van der Waals surface area contributed by atoms with Gasteiger partial charge in [-0.2, -0.15) is 26.3 Å². The van der Waals surface area contributed by atoms with E-state index in [4.69, 9.17) is 0 Å². The van der Waals surface area contributed by atoms with E-state index in [2.05, 4.69) is 0 Å². The van der Waals surface area contributed by atoms with Crippen molar-refractivity contribution >= 4 is 23.1 Å². The van der Waals surface area contributed by atoms with Crippen LogP contribution >= 0.6 is 0 Å². The Morgan fingerprint density at radius 2 is 1.12 bits per heavy atom. The summed E-state index contributed by atoms with van der Waals surface area (Å²) in [6.07, 6.45) is -10.7. The van der Waals surface area contributed by atoms with Gasteiger partial charge in [0, 0.05) is 23.3 Å². The summed E-state index contributed by atoms with van der Waals surface area (Å²) in [6.45, 7) is 0. The SMILES string of the molecule is O=C(C=C(O)c1cccc(/C(O)=C/C(=O)C(F)(F)F)c1)C(F)(F)F. The summed E-state index contributed by atoms with van der Waals surface area (Å²) in [5.41, 5.74) is -0.769. The molecule has 1 rings (SSSR count). The van der Waals surface area contributed by atoms with E-state index in [1.165, 1.54) is 0 Å². The highest BCUT2D eigenvalue weighted by molar-refractivity contribution is 6.00. The van der Waals surface area contributed by atoms with Gasteiger partial charge < -0.3 is 10.2 Å². The van der Waals surface area contributed by atoms with Gasteiger partial charge in [-0.3, -0.25) is 9.59 Å². The van der Waals surface area contributed by atoms with Crippen molar-refractivity contribution in [2.24, 2.45) is 0 Å². The Labute approximate surface area is 130 Å². The topological polar surface area (TPSA) is 74.6 Å². The van der Waals surface area contributed by atoms with Gasteiger partial charge in [0.05, 0.1) is 0 Å². The predicted molar refractivity (Wildman–Crippen MR) is 69.8 cm³/mol. The number of allylic oxidation sites excluding steroid dienone is 2. The number of benzene rings is 1. The van der Waals surface area contributed by atoms with Crippen LogP contribution in [-0.2, 0) is 9.59 Å². The number of carbonyl (C=O) groups excluding carboxylic acids is 2. The molecule has 0 amide bonds. The van der Waals surface area contributed by atoms with Gasteiger partial charge in [-0.05, 0) is 6.07 Å². The first-order valence-corrected chi connectivity index (χ1v) is 5.97. The van der Waals surface area contributed by atoms with Crippen molar-refractivity contribution in [3.05, 3.63) is 47.5 Å². The molecule has 2 N–H and O–H groups in total. The first-order chi connectivity index (χ1) is 10.8. The molecular formula is C14H8F6O4. The van der Waals surface area contributed by atoms with E-state index in [9.17, 15) is 46.1 Å². The Morgan fingerprint density at radius 3 is 1.42 bits per heavy atom. The number of alkyl halides is 6. The lowest BCUT2D eigenvalue weighted by Gasteiger charge is -2.06. The van der Waals surface area contributed by atoms with E-state index in [0.29, 0.717) is 0 Å². The number of hydrogen-bond acceptors (Lipinski definition) is 4. The standard InChI is InChI=1S/C14H8F6O4/c15-13(16,17)11(23)5-9(21)7-2-1-3-8(4-7)10(22)6-12(24)14(18,19)20/h1-6,21-22H/b9-5-,10-6?. The van der Waals surface area contributed by atoms with Crippen molar-refractivity contribution in [2.45, 2.75) is 12.4 Å². The molecule has 0 spiro atoms. The quantitative estimate of drug-likeness (QED) is 0.491. The molecule has 0 radical (unpaired) electrons. The number of ketones is 2. The summed E-state index contributed by atoms with van der Waals surface area (Å²) in [5.74, 6) is -6.93. The molecule has 0 heterocycles. The number of aliphatic hydroxyl groups is 2. The van der Waals surface area contributed by atoms with Gasteiger partial charge in [0.15, 0.2) is 0 Å². The normalized spacial score (nSPS) is 13.8. The van der Waals surface area contributed by atoms with Crippen LogP contribution in [0.4, 0.5) is 26.3 Å². The maximum Gasteiger partial charge on any atom is 0.454 e. The molecule has 0 unspecified atom stereocenters. The second-order valence-electron chi connectivity index (χ2n) is 4.36. The first-order valence-electron chi connectivity index (χ1n) is 5.97. The fraction of sp³-hybridized carbons (Fsp3) is 0.143. The van der Waals surface area contributed by atoms with Crippen LogP contribution in [0.5, 0.6) is 0 Å². The van der Waals surface area contributed by atoms with Crippen LogP contribution in [0.1, 0.15) is 11.1 Å². The highest BCUT2D eigenvalue weighted by Crippen LogP contribution is 2.23. The summed E-state index contributed by atoms with van der Waals surface area (Å²) < 4.78 is 72.5. The first kappa shape index (κ1) is 19.3. The molecular weight excluding hydrogens is 346 g/mol. The number of carbonyl (C=O) groups is 2. The van der Waals surface area contributed by atoms with Crippen LogP contribution in [0.3, 0.4) is 0 Å². The lowest BCUT2D eigenvalue weighted by atomic mass is 10.1. The molecule has 0 aliphatic carbocycles. The highest BCUT2D eigenvalue weighted by atomic mass is 19.4. The van der Waals surface area contributed by atoms with Crippen LogP contribution in [0.15, 0.2) is 36.4 Å². The average Bonchev–Trinajstić information content (AvgIpc) is 2.45. The molecule has 0 saturated carbocycles. The second kappa shape index (κ2) is 6.77. The third-order valence-corrected chi connectivity index (χ3v) is 2.55. The van der Waals surface area contributed by atoms with Crippen molar-refractivity contribution in [2.75, 3.05) is 0 Å². The molecule has 0 bridgehead atoms. The van der Waals surface area contributed by atoms with E-state index < -0.39 is 35.4 Å². The van der Waals surface area contributed by atoms with E-state index >= 15 is 0 Å². The van der Waals surface area contributed by atoms with Crippen LogP contribution in [-0.4, -0.2) is 34.1 Å². The Balaban J connectivity index is 3.15. The summed E-state index contributed by atoms with van der Waals surface area (Å²) in [4.78, 5) is 21.5. The fourth-order valence-corrected chi connectivity index (χ4v) is 1.42. The molecule has 0 fully saturated rings. The molecule has 0 atom stereocenters. The minimum Gasteiger partial charge on any atom is -0.507 e. The summed E-state index contributed by atoms with van der Waals surface area (Å²) in [5, 5.41) is 18.9. The Morgan fingerprint density at radius 1 is 0.792 bits per heavy atom. The number of halogens is 6. The van der Waals surface area contributed by atoms with Crippen LogP contribution in [0.2, 0.25) is 0 Å². The van der Waals surface area contributed by atoms with Gasteiger partial charge in [0.2, 0.25) is 0 Å². The number of hydrogen-bond donors (Lipinski definition) is 2. The van der Waals surface area contributed by atoms with Crippen molar-refractivity contribution in [1.82, 2.24) is 0 Å². The molecule has 0 saturated heterocycles. The van der Waals surface area contributed by atoms with Crippen molar-refractivity contribution in [3.63, 3.8) is 0 Å². The zero-order valence-corrected chi connectivity index (χ0v) is 11.4. The summed E-state index contributed by atoms with van der Waals surface area (Å²) in [7, 11) is 0. The van der Waals surface area contributed by atoms with E-state index in [1.807, 2.05) is 0 Å². The lowest BCUT2D eigenvalue weighted by Crippen LogP contribution is -2.20. The van der Waals surface area contributed by atoms with Crippen molar-refractivity contribution in [3.8, 4) is 0 Å². The molecule has 0 aliphatic heterocycles. The minimum absolute atomic E-state index is 0.124. The second-order valence-corrected chi connectivity index (χ2v) is 4.36. The zero-order valence-electron chi connectivity index (χ0n) is 11.4. The van der Waals surface area contributed by atoms with Gasteiger partial charge >= 0.3 is 12.4 Å². The largest absolute Gasteiger partial charge is 0.507 e. The predicted octanol–water partition coefficient (Wildman–Crippen LogP) is 3.75. The zero-order chi connectivity index (χ0) is 18.7.